The van der Waals surface area contributed by atoms with E-state index < -0.39 is 0 Å². The van der Waals surface area contributed by atoms with Gasteiger partial charge in [0.2, 0.25) is 0 Å². The summed E-state index contributed by atoms with van der Waals surface area (Å²) >= 11 is 0. The van der Waals surface area contributed by atoms with Crippen LogP contribution in [0.25, 0.3) is 0 Å². The highest BCUT2D eigenvalue weighted by Gasteiger charge is 2.31. The largest absolute Gasteiger partial charge is 0.396 e. The molecule has 1 aliphatic carbocycles. The number of ether oxygens (including phenoxy) is 1. The zero-order valence-electron chi connectivity index (χ0n) is 11.6. The Bertz CT molecular complexity index is 234. The Hall–Kier alpha value is -0.160. The Morgan fingerprint density at radius 2 is 2.17 bits per heavy atom. The summed E-state index contributed by atoms with van der Waals surface area (Å²) in [5.74, 6) is 0.600. The third-order valence-electron chi connectivity index (χ3n) is 4.51. The first-order valence-corrected chi connectivity index (χ1v) is 7.45. The van der Waals surface area contributed by atoms with E-state index >= 15 is 0 Å². The van der Waals surface area contributed by atoms with Gasteiger partial charge in [0.25, 0.3) is 0 Å². The van der Waals surface area contributed by atoms with E-state index in [4.69, 9.17) is 9.84 Å². The van der Waals surface area contributed by atoms with Crippen molar-refractivity contribution in [3.05, 3.63) is 0 Å². The quantitative estimate of drug-likeness (QED) is 0.709. The topological polar surface area (TPSA) is 44.7 Å². The minimum Gasteiger partial charge on any atom is -0.396 e. The summed E-state index contributed by atoms with van der Waals surface area (Å²) in [4.78, 5) is 2.59. The van der Waals surface area contributed by atoms with E-state index in [9.17, 15) is 0 Å². The molecule has 18 heavy (non-hydrogen) atoms. The molecule has 2 N–H and O–H groups in total. The Balaban J connectivity index is 1.85. The van der Waals surface area contributed by atoms with Gasteiger partial charge >= 0.3 is 0 Å². The molecule has 106 valence electrons. The summed E-state index contributed by atoms with van der Waals surface area (Å²) in [6.07, 6.45) is 6.07. The Morgan fingerprint density at radius 1 is 1.33 bits per heavy atom. The van der Waals surface area contributed by atoms with Crippen LogP contribution in [0.2, 0.25) is 0 Å². The van der Waals surface area contributed by atoms with Crippen LogP contribution in [0.4, 0.5) is 0 Å². The van der Waals surface area contributed by atoms with Crippen molar-refractivity contribution < 1.29 is 9.84 Å². The number of nitrogens with one attached hydrogen (secondary N) is 1. The third kappa shape index (κ3) is 3.67. The van der Waals surface area contributed by atoms with Gasteiger partial charge in [-0.15, -0.1) is 0 Å². The van der Waals surface area contributed by atoms with E-state index in [1.165, 1.54) is 19.3 Å². The molecule has 0 aromatic carbocycles. The van der Waals surface area contributed by atoms with Crippen LogP contribution in [0.1, 0.15) is 32.1 Å². The average molecular weight is 256 g/mol. The van der Waals surface area contributed by atoms with Crippen molar-refractivity contribution >= 4 is 0 Å². The molecule has 0 aromatic heterocycles. The lowest BCUT2D eigenvalue weighted by atomic mass is 9.88. The predicted molar refractivity (Wildman–Crippen MR) is 72.7 cm³/mol. The second-order valence-electron chi connectivity index (χ2n) is 5.68. The second kappa shape index (κ2) is 7.43. The third-order valence-corrected chi connectivity index (χ3v) is 4.51. The molecule has 2 fully saturated rings. The van der Waals surface area contributed by atoms with Gasteiger partial charge in [0.05, 0.1) is 6.61 Å². The zero-order valence-corrected chi connectivity index (χ0v) is 11.6. The van der Waals surface area contributed by atoms with Crippen molar-refractivity contribution in [2.75, 3.05) is 40.0 Å². The summed E-state index contributed by atoms with van der Waals surface area (Å²) in [5, 5.41) is 12.5. The van der Waals surface area contributed by atoms with Crippen LogP contribution < -0.4 is 5.32 Å². The number of hydrogen-bond donors (Lipinski definition) is 2. The number of nitrogens with zero attached hydrogens (tertiary/aromatic N) is 1. The van der Waals surface area contributed by atoms with Crippen LogP contribution in [0.15, 0.2) is 0 Å². The first-order valence-electron chi connectivity index (χ1n) is 7.45. The summed E-state index contributed by atoms with van der Waals surface area (Å²) < 4.78 is 5.63. The fourth-order valence-electron chi connectivity index (χ4n) is 3.11. The van der Waals surface area contributed by atoms with Crippen LogP contribution in [0, 0.1) is 5.92 Å². The van der Waals surface area contributed by atoms with E-state index in [1.54, 1.807) is 0 Å². The lowest BCUT2D eigenvalue weighted by Crippen LogP contribution is -2.50. The second-order valence-corrected chi connectivity index (χ2v) is 5.68. The molecule has 2 atom stereocenters. The summed E-state index contributed by atoms with van der Waals surface area (Å²) in [7, 11) is 2.06. The zero-order chi connectivity index (χ0) is 12.8. The minimum atomic E-state index is 0.305. The number of aliphatic hydroxyl groups is 1. The molecule has 2 rings (SSSR count). The van der Waals surface area contributed by atoms with E-state index in [2.05, 4.69) is 17.3 Å². The van der Waals surface area contributed by atoms with Gasteiger partial charge in [-0.2, -0.15) is 0 Å². The Kier molecular flexibility index (Phi) is 5.89. The van der Waals surface area contributed by atoms with Crippen molar-refractivity contribution in [3.63, 3.8) is 0 Å². The summed E-state index contributed by atoms with van der Waals surface area (Å²) in [6, 6.07) is 1.35. The normalized spacial score (nSPS) is 29.5. The molecule has 1 saturated carbocycles. The fourth-order valence-corrected chi connectivity index (χ4v) is 3.11. The summed E-state index contributed by atoms with van der Waals surface area (Å²) in [6.45, 7) is 4.24. The van der Waals surface area contributed by atoms with Gasteiger partial charge in [-0.05, 0) is 32.7 Å². The molecular formula is C14H28N2O2. The van der Waals surface area contributed by atoms with Gasteiger partial charge in [-0.3, -0.25) is 4.90 Å². The van der Waals surface area contributed by atoms with E-state index in [1.807, 2.05) is 0 Å². The highest BCUT2D eigenvalue weighted by molar-refractivity contribution is 4.86. The maximum atomic E-state index is 9.03. The number of aliphatic hydroxyl groups excluding tert-OH is 1. The first kappa shape index (κ1) is 14.3. The van der Waals surface area contributed by atoms with Crippen LogP contribution in [0.5, 0.6) is 0 Å². The molecule has 2 unspecified atom stereocenters. The van der Waals surface area contributed by atoms with Crippen LogP contribution in [-0.2, 0) is 4.74 Å². The Morgan fingerprint density at radius 3 is 2.78 bits per heavy atom. The van der Waals surface area contributed by atoms with Gasteiger partial charge in [0.15, 0.2) is 0 Å². The molecule has 1 heterocycles. The van der Waals surface area contributed by atoms with Crippen molar-refractivity contribution in [3.8, 4) is 0 Å². The van der Waals surface area contributed by atoms with Crippen LogP contribution in [0.3, 0.4) is 0 Å². The number of hydrogen-bond acceptors (Lipinski definition) is 4. The average Bonchev–Trinajstić information content (AvgIpc) is 2.34. The Labute approximate surface area is 111 Å². The highest BCUT2D eigenvalue weighted by atomic mass is 16.5. The molecule has 0 spiro atoms. The molecular weight excluding hydrogens is 228 g/mol. The molecule has 1 aliphatic heterocycles. The van der Waals surface area contributed by atoms with Gasteiger partial charge in [-0.1, -0.05) is 6.42 Å². The van der Waals surface area contributed by atoms with Gasteiger partial charge in [-0.25, -0.2) is 0 Å². The molecule has 4 heteroatoms. The first-order chi connectivity index (χ1) is 8.85. The highest BCUT2D eigenvalue weighted by Crippen LogP contribution is 2.27. The molecule has 0 amide bonds. The van der Waals surface area contributed by atoms with Crippen molar-refractivity contribution in [2.24, 2.45) is 5.92 Å². The smallest absolute Gasteiger partial charge is 0.0521 e. The SMILES string of the molecule is CNC1CCOCC1CN(CCCO)C1CCC1. The standard InChI is InChI=1S/C14H28N2O2/c1-15-14-6-9-18-11-12(14)10-16(7-3-8-17)13-4-2-5-13/h12-15,17H,2-11H2,1H3. The van der Waals surface area contributed by atoms with E-state index in [-0.39, 0.29) is 0 Å². The fraction of sp³-hybridized carbons (Fsp3) is 1.00. The van der Waals surface area contributed by atoms with Crippen LogP contribution >= 0.6 is 0 Å². The maximum absolute atomic E-state index is 9.03. The molecule has 0 aromatic rings. The number of rotatable bonds is 7. The van der Waals surface area contributed by atoms with Crippen LogP contribution in [-0.4, -0.2) is 62.0 Å². The monoisotopic (exact) mass is 256 g/mol. The molecule has 2 aliphatic rings. The molecule has 4 nitrogen and oxygen atoms in total. The predicted octanol–water partition coefficient (Wildman–Crippen LogP) is 0.848. The van der Waals surface area contributed by atoms with Gasteiger partial charge in [0.1, 0.15) is 0 Å². The lowest BCUT2D eigenvalue weighted by molar-refractivity contribution is 0.00258. The van der Waals surface area contributed by atoms with Crippen molar-refractivity contribution in [2.45, 2.75) is 44.2 Å². The molecule has 0 radical (unpaired) electrons. The maximum Gasteiger partial charge on any atom is 0.0521 e. The van der Waals surface area contributed by atoms with Gasteiger partial charge < -0.3 is 15.2 Å². The van der Waals surface area contributed by atoms with Crippen molar-refractivity contribution in [1.29, 1.82) is 0 Å². The van der Waals surface area contributed by atoms with E-state index in [0.29, 0.717) is 18.6 Å². The molecule has 1 saturated heterocycles. The molecule has 0 bridgehead atoms. The lowest BCUT2D eigenvalue weighted by Gasteiger charge is -2.42. The minimum absolute atomic E-state index is 0.305. The van der Waals surface area contributed by atoms with Crippen molar-refractivity contribution in [1.82, 2.24) is 10.2 Å². The van der Waals surface area contributed by atoms with Gasteiger partial charge in [0, 0.05) is 44.3 Å². The summed E-state index contributed by atoms with van der Waals surface area (Å²) in [5.41, 5.74) is 0. The van der Waals surface area contributed by atoms with E-state index in [0.717, 1.165) is 45.2 Å².